The average molecular weight is 1690 g/mol. The maximum Gasteiger partial charge on any atom is 0.326 e. The van der Waals surface area contributed by atoms with Crippen molar-refractivity contribution in [2.24, 2.45) is 34.8 Å². The fraction of sp³-hybridized carbons (Fsp3) is 0.563. The first-order valence-electron chi connectivity index (χ1n) is 37.5. The van der Waals surface area contributed by atoms with Crippen LogP contribution in [0.15, 0.2) is 60.7 Å². The number of nitrogens with two attached hydrogens (primary N) is 4. The Morgan fingerprint density at radius 1 is 0.521 bits per heavy atom. The Hall–Kier alpha value is -11.6. The van der Waals surface area contributed by atoms with Crippen molar-refractivity contribution in [1.29, 1.82) is 10.8 Å². The molecule has 648 valence electrons. The summed E-state index contributed by atoms with van der Waals surface area (Å²) in [6.45, 7) is 3.56. The number of urea groups is 1. The lowest BCUT2D eigenvalue weighted by molar-refractivity contribution is -0.142. The molecule has 0 aromatic heterocycles. The molecular formula is C71H111N23O21S2. The maximum absolute atomic E-state index is 15.2. The molecule has 16 amide bonds. The summed E-state index contributed by atoms with van der Waals surface area (Å²) >= 11 is 0. The van der Waals surface area contributed by atoms with Crippen molar-refractivity contribution in [1.82, 2.24) is 90.4 Å². The van der Waals surface area contributed by atoms with E-state index < -0.39 is 247 Å². The zero-order valence-electron chi connectivity index (χ0n) is 65.4. The highest BCUT2D eigenvalue weighted by Crippen LogP contribution is 2.24. The highest BCUT2D eigenvalue weighted by atomic mass is 33.1. The molecule has 117 heavy (non-hydrogen) atoms. The molecule has 0 spiro atoms. The molecular weight excluding hydrogens is 1580 g/mol. The molecule has 2 aromatic rings. The number of hydrogen-bond acceptors (Lipinski definition) is 24. The van der Waals surface area contributed by atoms with Gasteiger partial charge < -0.3 is 134 Å². The van der Waals surface area contributed by atoms with E-state index in [0.29, 0.717) is 11.1 Å². The van der Waals surface area contributed by atoms with Gasteiger partial charge in [-0.1, -0.05) is 123 Å². The molecule has 1 heterocycles. The van der Waals surface area contributed by atoms with E-state index in [1.165, 1.54) is 20.8 Å². The van der Waals surface area contributed by atoms with Crippen LogP contribution in [0.5, 0.6) is 0 Å². The van der Waals surface area contributed by atoms with Gasteiger partial charge in [-0.25, -0.2) is 9.59 Å². The summed E-state index contributed by atoms with van der Waals surface area (Å²) in [6, 6.07) is -6.74. The van der Waals surface area contributed by atoms with Crippen LogP contribution in [-0.2, 0) is 89.6 Å². The van der Waals surface area contributed by atoms with Gasteiger partial charge in [-0.3, -0.25) is 82.7 Å². The first kappa shape index (κ1) is 99.5. The smallest absolute Gasteiger partial charge is 0.326 e. The van der Waals surface area contributed by atoms with E-state index in [2.05, 4.69) is 90.4 Å². The minimum Gasteiger partial charge on any atom is -0.481 e. The minimum absolute atomic E-state index is 0.0318. The Bertz CT molecular complexity index is 3750. The predicted molar refractivity (Wildman–Crippen MR) is 426 cm³/mol. The Kier molecular flexibility index (Phi) is 44.9. The molecule has 0 saturated carbocycles. The number of carboxylic acid groups (broad SMARTS) is 2. The van der Waals surface area contributed by atoms with Crippen molar-refractivity contribution in [2.45, 2.75) is 184 Å². The topological polar surface area (TPSA) is 727 Å². The second kappa shape index (κ2) is 52.8. The SMILES string of the molecule is CC[C@H](C)C1NC(=O)[C@H](CCCNC(N)=O)NC(=O)CNC(=O)CNC(=O)[C@H](Cc2ccccc2)NC(=O)[C@@H](C)NC(=O)[C@@H](NC(=O)[C@H](CO)NC(=O)[C@@H](N)CO)CSSCC(C(=O)N[C@@H](Cc2ccccc2)C(=O)N[C@@H](CCCNC(=N)N)C(=O)O)NC(=O)[C@H]([C@@H](C)CC)NC(=O)C(CCCNC(=N)N)NC(=O)[C@H](CC(=O)O)NC1=O. The summed E-state index contributed by atoms with van der Waals surface area (Å²) in [5.41, 5.74) is 22.8. The second-order valence-corrected chi connectivity index (χ2v) is 29.9. The average Bonchev–Trinajstić information content (AvgIpc) is 0.848. The molecule has 15 atom stereocenters. The molecule has 44 nitrogen and oxygen atoms in total. The molecule has 1 fully saturated rings. The number of primary amides is 1. The van der Waals surface area contributed by atoms with Crippen LogP contribution < -0.4 is 113 Å². The largest absolute Gasteiger partial charge is 0.481 e. The third-order valence-corrected chi connectivity index (χ3v) is 20.5. The van der Waals surface area contributed by atoms with Crippen LogP contribution in [0.25, 0.3) is 0 Å². The van der Waals surface area contributed by atoms with Crippen LogP contribution in [0.3, 0.4) is 0 Å². The fourth-order valence-corrected chi connectivity index (χ4v) is 13.3. The number of benzene rings is 2. The molecule has 0 radical (unpaired) electrons. The number of aliphatic hydroxyl groups excluding tert-OH is 2. The Balaban J connectivity index is 2.38. The number of aliphatic carboxylic acids is 2. The maximum atomic E-state index is 15.2. The van der Waals surface area contributed by atoms with Crippen molar-refractivity contribution in [3.63, 3.8) is 0 Å². The van der Waals surface area contributed by atoms with Gasteiger partial charge in [0.25, 0.3) is 0 Å². The van der Waals surface area contributed by atoms with Gasteiger partial charge in [0.05, 0.1) is 32.7 Å². The van der Waals surface area contributed by atoms with Crippen LogP contribution in [0, 0.1) is 22.7 Å². The van der Waals surface area contributed by atoms with Gasteiger partial charge in [0.1, 0.15) is 78.5 Å². The van der Waals surface area contributed by atoms with E-state index in [1.807, 2.05) is 0 Å². The number of aliphatic hydroxyl groups is 2. The lowest BCUT2D eigenvalue weighted by Gasteiger charge is -2.30. The highest BCUT2D eigenvalue weighted by molar-refractivity contribution is 8.76. The van der Waals surface area contributed by atoms with Crippen LogP contribution in [0.2, 0.25) is 0 Å². The molecule has 0 aliphatic carbocycles. The third kappa shape index (κ3) is 37.7. The normalized spacial score (nSPS) is 21.9. The minimum atomic E-state index is -2.04. The van der Waals surface area contributed by atoms with Crippen LogP contribution in [0.4, 0.5) is 4.79 Å². The van der Waals surface area contributed by atoms with E-state index in [9.17, 15) is 92.3 Å². The van der Waals surface area contributed by atoms with Crippen molar-refractivity contribution < 1.29 is 102 Å². The van der Waals surface area contributed by atoms with Crippen LogP contribution >= 0.6 is 21.6 Å². The summed E-state index contributed by atoms with van der Waals surface area (Å²) in [7, 11) is 1.47. The number of guanidine groups is 2. The summed E-state index contributed by atoms with van der Waals surface area (Å²) in [4.78, 5) is 237. The Labute approximate surface area is 682 Å². The quantitative estimate of drug-likeness (QED) is 0.0137. The summed E-state index contributed by atoms with van der Waals surface area (Å²) in [5.74, 6) is -22.2. The highest BCUT2D eigenvalue weighted by Gasteiger charge is 2.39. The number of rotatable bonds is 33. The van der Waals surface area contributed by atoms with E-state index in [4.69, 9.17) is 33.8 Å². The monoisotopic (exact) mass is 1690 g/mol. The van der Waals surface area contributed by atoms with Gasteiger partial charge >= 0.3 is 18.0 Å². The molecule has 0 bridgehead atoms. The van der Waals surface area contributed by atoms with E-state index in [-0.39, 0.29) is 83.8 Å². The molecule has 1 aliphatic heterocycles. The molecule has 1 aliphatic rings. The predicted octanol–water partition coefficient (Wildman–Crippen LogP) is -8.12. The van der Waals surface area contributed by atoms with Gasteiger partial charge in [0.2, 0.25) is 82.7 Å². The Morgan fingerprint density at radius 3 is 1.56 bits per heavy atom. The van der Waals surface area contributed by atoms with E-state index in [1.54, 1.807) is 74.5 Å². The van der Waals surface area contributed by atoms with Gasteiger partial charge in [0, 0.05) is 44.0 Å². The molecule has 46 heteroatoms. The van der Waals surface area contributed by atoms with E-state index >= 15 is 9.59 Å². The van der Waals surface area contributed by atoms with Gasteiger partial charge in [-0.15, -0.1) is 0 Å². The van der Waals surface area contributed by atoms with Gasteiger partial charge in [-0.05, 0) is 68.4 Å². The summed E-state index contributed by atoms with van der Waals surface area (Å²) in [5, 5.41) is 97.0. The van der Waals surface area contributed by atoms with Crippen LogP contribution in [-0.4, -0.2) is 269 Å². The number of carbonyl (C=O) groups excluding carboxylic acids is 15. The molecule has 1 saturated heterocycles. The zero-order chi connectivity index (χ0) is 87.4. The number of hydrogen-bond donors (Lipinski definition) is 27. The van der Waals surface area contributed by atoms with Crippen molar-refractivity contribution in [3.8, 4) is 0 Å². The zero-order valence-corrected chi connectivity index (χ0v) is 67.1. The number of carbonyl (C=O) groups is 17. The lowest BCUT2D eigenvalue weighted by atomic mass is 9.96. The molecule has 3 unspecified atom stereocenters. The second-order valence-electron chi connectivity index (χ2n) is 27.3. The fourth-order valence-electron chi connectivity index (χ4n) is 11.0. The number of amides is 16. The number of carboxylic acids is 2. The summed E-state index contributed by atoms with van der Waals surface area (Å²) in [6.07, 6.45) is -2.31. The van der Waals surface area contributed by atoms with Gasteiger partial charge in [0.15, 0.2) is 11.9 Å². The Morgan fingerprint density at radius 2 is 1.03 bits per heavy atom. The third-order valence-electron chi connectivity index (χ3n) is 18.1. The van der Waals surface area contributed by atoms with E-state index in [0.717, 1.165) is 21.6 Å². The first-order valence-corrected chi connectivity index (χ1v) is 40.0. The standard InChI is InChI=1S/C71H111N23O21S2/c1-6-36(3)54-66(111)89-47(29-53(99)100)62(107)85-43(22-14-24-78-69(73)74)60(105)94-55(37(4)7-2)67(112)92-50(65(110)88-46(28-40-19-12-9-13-20-40)61(106)86-44(68(113)114)23-16-25-79-70(75)76)35-117-116-34-49(91-63(108)48(33-96)90-57(102)41(72)32-95)64(109)83-38(5)56(101)87-45(27-39-17-10-8-11-18-39)58(103)82-30-51(97)81-31-52(98)84-42(59(104)93-54)21-15-26-80-71(77)115/h8-13,17-20,36-38,41-50,54-55,95-96H,6-7,14-16,21-35,72H2,1-5H3,(H,81,97)(H,82,103)(H,83,109)(H,84,98)(H,85,107)(H,86,106)(H,87,101)(H,88,110)(H,89,111)(H,90,102)(H,91,108)(H,92,112)(H,93,104)(H,94,105)(H,99,100)(H,113,114)(H4,73,74,78)(H4,75,76,79)(H3,77,80,115)/t36-,37-,38+,41-,42-,43?,44-,45-,46-,47-,48-,49-,50?,54?,55-/m0/s1. The summed E-state index contributed by atoms with van der Waals surface area (Å²) < 4.78 is 0. The van der Waals surface area contributed by atoms with Crippen molar-refractivity contribution in [2.75, 3.05) is 57.4 Å². The molecule has 3 rings (SSSR count). The van der Waals surface area contributed by atoms with Crippen molar-refractivity contribution >= 4 is 134 Å². The molecule has 2 aromatic carbocycles. The van der Waals surface area contributed by atoms with Crippen LogP contribution in [0.1, 0.15) is 104 Å². The van der Waals surface area contributed by atoms with Crippen molar-refractivity contribution in [3.05, 3.63) is 71.8 Å². The molecule has 31 N–H and O–H groups in total. The first-order chi connectivity index (χ1) is 55.4. The van der Waals surface area contributed by atoms with Gasteiger partial charge in [-0.2, -0.15) is 0 Å². The number of nitrogens with one attached hydrogen (secondary N) is 19. The lowest BCUT2D eigenvalue weighted by Crippen LogP contribution is -2.62.